The van der Waals surface area contributed by atoms with Gasteiger partial charge >= 0.3 is 0 Å². The maximum atomic E-state index is 12.8. The first-order valence-corrected chi connectivity index (χ1v) is 7.24. The first-order valence-electron chi connectivity index (χ1n) is 7.24. The van der Waals surface area contributed by atoms with Gasteiger partial charge in [0, 0.05) is 6.04 Å². The molecule has 1 nitrogen and oxygen atoms in total. The molecule has 1 unspecified atom stereocenters. The molecule has 2 rings (SSSR count). The highest BCUT2D eigenvalue weighted by Gasteiger charge is 2.14. The summed E-state index contributed by atoms with van der Waals surface area (Å²) in [4.78, 5) is 0. The molecule has 1 N–H and O–H groups in total. The summed E-state index contributed by atoms with van der Waals surface area (Å²) in [6.45, 7) is 3.21. The molecule has 0 aliphatic heterocycles. The summed E-state index contributed by atoms with van der Waals surface area (Å²) in [5.74, 6) is 0.820. The minimum Gasteiger partial charge on any atom is -0.310 e. The first-order chi connectivity index (χ1) is 8.75. The average molecular weight is 249 g/mol. The summed E-state index contributed by atoms with van der Waals surface area (Å²) >= 11 is 0. The van der Waals surface area contributed by atoms with Crippen LogP contribution in [-0.4, -0.2) is 6.54 Å². The van der Waals surface area contributed by atoms with Crippen molar-refractivity contribution in [3.63, 3.8) is 0 Å². The van der Waals surface area contributed by atoms with Crippen molar-refractivity contribution in [2.24, 2.45) is 5.92 Å². The molecule has 0 amide bonds. The van der Waals surface area contributed by atoms with Gasteiger partial charge in [0.15, 0.2) is 0 Å². The molecule has 1 aromatic rings. The van der Waals surface area contributed by atoms with Gasteiger partial charge in [-0.15, -0.1) is 0 Å². The zero-order chi connectivity index (χ0) is 12.8. The molecule has 1 aliphatic carbocycles. The van der Waals surface area contributed by atoms with E-state index in [1.165, 1.54) is 50.7 Å². The highest BCUT2D eigenvalue weighted by molar-refractivity contribution is 5.19. The van der Waals surface area contributed by atoms with Gasteiger partial charge < -0.3 is 5.32 Å². The summed E-state index contributed by atoms with van der Waals surface area (Å²) < 4.78 is 12.8. The van der Waals surface area contributed by atoms with Crippen molar-refractivity contribution in [1.82, 2.24) is 5.32 Å². The molecule has 0 aromatic heterocycles. The average Bonchev–Trinajstić information content (AvgIpc) is 2.88. The zero-order valence-corrected chi connectivity index (χ0v) is 11.3. The summed E-state index contributed by atoms with van der Waals surface area (Å²) in [7, 11) is 0. The Morgan fingerprint density at radius 3 is 2.56 bits per heavy atom. The molecule has 0 radical (unpaired) electrons. The largest absolute Gasteiger partial charge is 0.310 e. The Kier molecular flexibility index (Phi) is 5.18. The van der Waals surface area contributed by atoms with Crippen molar-refractivity contribution in [3.05, 3.63) is 35.6 Å². The van der Waals surface area contributed by atoms with E-state index in [4.69, 9.17) is 0 Å². The minimum atomic E-state index is -0.160. The van der Waals surface area contributed by atoms with E-state index < -0.39 is 0 Å². The van der Waals surface area contributed by atoms with Crippen LogP contribution in [0.4, 0.5) is 4.39 Å². The van der Waals surface area contributed by atoms with Crippen LogP contribution in [-0.2, 0) is 0 Å². The lowest BCUT2D eigenvalue weighted by molar-refractivity contribution is 0.456. The molecule has 1 aliphatic rings. The van der Waals surface area contributed by atoms with Gasteiger partial charge in [0.25, 0.3) is 0 Å². The maximum Gasteiger partial charge on any atom is 0.123 e. The van der Waals surface area contributed by atoms with E-state index in [1.807, 2.05) is 12.1 Å². The zero-order valence-electron chi connectivity index (χ0n) is 11.3. The third kappa shape index (κ3) is 4.09. The third-order valence-corrected chi connectivity index (χ3v) is 4.08. The SMILES string of the molecule is CC(NCCCC1CCCC1)c1ccc(F)cc1. The molecule has 1 saturated carbocycles. The van der Waals surface area contributed by atoms with Crippen LogP contribution in [0.2, 0.25) is 0 Å². The summed E-state index contributed by atoms with van der Waals surface area (Å²) in [6, 6.07) is 7.11. The van der Waals surface area contributed by atoms with Crippen molar-refractivity contribution in [2.45, 2.75) is 51.5 Å². The molecule has 0 bridgehead atoms. The highest BCUT2D eigenvalue weighted by atomic mass is 19.1. The van der Waals surface area contributed by atoms with Crippen molar-refractivity contribution in [1.29, 1.82) is 0 Å². The fourth-order valence-corrected chi connectivity index (χ4v) is 2.88. The van der Waals surface area contributed by atoms with Crippen LogP contribution in [0, 0.1) is 11.7 Å². The Morgan fingerprint density at radius 2 is 1.89 bits per heavy atom. The van der Waals surface area contributed by atoms with E-state index in [9.17, 15) is 4.39 Å². The lowest BCUT2D eigenvalue weighted by Crippen LogP contribution is -2.20. The number of rotatable bonds is 6. The predicted molar refractivity (Wildman–Crippen MR) is 74.0 cm³/mol. The molecule has 18 heavy (non-hydrogen) atoms. The van der Waals surface area contributed by atoms with Crippen LogP contribution >= 0.6 is 0 Å². The van der Waals surface area contributed by atoms with Gasteiger partial charge in [-0.3, -0.25) is 0 Å². The second-order valence-electron chi connectivity index (χ2n) is 5.52. The van der Waals surface area contributed by atoms with E-state index in [0.717, 1.165) is 18.0 Å². The van der Waals surface area contributed by atoms with Crippen LogP contribution in [0.5, 0.6) is 0 Å². The van der Waals surface area contributed by atoms with Crippen molar-refractivity contribution >= 4 is 0 Å². The predicted octanol–water partition coefficient (Wildman–Crippen LogP) is 4.45. The Bertz CT molecular complexity index is 341. The number of nitrogens with one attached hydrogen (secondary N) is 1. The van der Waals surface area contributed by atoms with E-state index in [2.05, 4.69) is 12.2 Å². The molecule has 1 aromatic carbocycles. The van der Waals surface area contributed by atoms with Crippen LogP contribution in [0.3, 0.4) is 0 Å². The lowest BCUT2D eigenvalue weighted by Gasteiger charge is -2.15. The topological polar surface area (TPSA) is 12.0 Å². The normalized spacial score (nSPS) is 18.1. The van der Waals surface area contributed by atoms with Gasteiger partial charge in [-0.25, -0.2) is 4.39 Å². The quantitative estimate of drug-likeness (QED) is 0.735. The molecular formula is C16H24FN. The number of hydrogen-bond acceptors (Lipinski definition) is 1. The van der Waals surface area contributed by atoms with Crippen LogP contribution in [0.15, 0.2) is 24.3 Å². The summed E-state index contributed by atoms with van der Waals surface area (Å²) in [5, 5.41) is 3.52. The summed E-state index contributed by atoms with van der Waals surface area (Å²) in [6.07, 6.45) is 8.37. The molecule has 1 atom stereocenters. The molecule has 0 heterocycles. The van der Waals surface area contributed by atoms with Gasteiger partial charge in [-0.05, 0) is 49.9 Å². The smallest absolute Gasteiger partial charge is 0.123 e. The van der Waals surface area contributed by atoms with Crippen molar-refractivity contribution in [3.8, 4) is 0 Å². The Balaban J connectivity index is 1.64. The van der Waals surface area contributed by atoms with E-state index in [0.29, 0.717) is 6.04 Å². The summed E-state index contributed by atoms with van der Waals surface area (Å²) in [5.41, 5.74) is 1.16. The lowest BCUT2D eigenvalue weighted by atomic mass is 10.0. The van der Waals surface area contributed by atoms with Gasteiger partial charge in [0.1, 0.15) is 5.82 Å². The number of hydrogen-bond donors (Lipinski definition) is 1. The second kappa shape index (κ2) is 6.89. The van der Waals surface area contributed by atoms with Crippen LogP contribution in [0.1, 0.15) is 57.1 Å². The molecule has 1 fully saturated rings. The van der Waals surface area contributed by atoms with Gasteiger partial charge in [-0.2, -0.15) is 0 Å². The first kappa shape index (κ1) is 13.5. The number of halogens is 1. The highest BCUT2D eigenvalue weighted by Crippen LogP contribution is 2.28. The Morgan fingerprint density at radius 1 is 1.22 bits per heavy atom. The van der Waals surface area contributed by atoms with Gasteiger partial charge in [-0.1, -0.05) is 37.8 Å². The monoisotopic (exact) mass is 249 g/mol. The van der Waals surface area contributed by atoms with E-state index in [1.54, 1.807) is 0 Å². The molecular weight excluding hydrogens is 225 g/mol. The number of benzene rings is 1. The standard InChI is InChI=1S/C16H24FN/c1-13(15-8-10-16(17)11-9-15)18-12-4-7-14-5-2-3-6-14/h8-11,13-14,18H,2-7,12H2,1H3. The minimum absolute atomic E-state index is 0.160. The van der Waals surface area contributed by atoms with E-state index >= 15 is 0 Å². The Hall–Kier alpha value is -0.890. The van der Waals surface area contributed by atoms with Gasteiger partial charge in [0.2, 0.25) is 0 Å². The molecule has 0 spiro atoms. The maximum absolute atomic E-state index is 12.8. The second-order valence-corrected chi connectivity index (χ2v) is 5.52. The van der Waals surface area contributed by atoms with E-state index in [-0.39, 0.29) is 5.82 Å². The molecule has 0 saturated heterocycles. The van der Waals surface area contributed by atoms with Crippen molar-refractivity contribution < 1.29 is 4.39 Å². The fraction of sp³-hybridized carbons (Fsp3) is 0.625. The Labute approximate surface area is 110 Å². The van der Waals surface area contributed by atoms with Crippen LogP contribution < -0.4 is 5.32 Å². The molecule has 100 valence electrons. The third-order valence-electron chi connectivity index (χ3n) is 4.08. The van der Waals surface area contributed by atoms with Crippen molar-refractivity contribution in [2.75, 3.05) is 6.54 Å². The van der Waals surface area contributed by atoms with Gasteiger partial charge in [0.05, 0.1) is 0 Å². The fourth-order valence-electron chi connectivity index (χ4n) is 2.88. The molecule has 2 heteroatoms. The van der Waals surface area contributed by atoms with Crippen LogP contribution in [0.25, 0.3) is 0 Å².